The number of ketones is 1. The molecule has 0 N–H and O–H groups in total. The number of hydrogen-bond donors (Lipinski definition) is 0. The van der Waals surface area contributed by atoms with Gasteiger partial charge in [0.25, 0.3) is 11.6 Å². The van der Waals surface area contributed by atoms with Crippen LogP contribution in [-0.2, 0) is 0 Å². The van der Waals surface area contributed by atoms with Crippen molar-refractivity contribution in [3.63, 3.8) is 0 Å². The Kier molecular flexibility index (Phi) is 6.81. The molecule has 2 aromatic rings. The lowest BCUT2D eigenvalue weighted by molar-refractivity contribution is -0.384. The predicted octanol–water partition coefficient (Wildman–Crippen LogP) is 4.14. The number of rotatable bonds is 5. The second kappa shape index (κ2) is 9.79. The molecular formula is C25H29FN4O4. The monoisotopic (exact) mass is 468 g/mol. The fraction of sp³-hybridized carbons (Fsp3) is 0.440. The van der Waals surface area contributed by atoms with E-state index in [2.05, 4.69) is 11.8 Å². The number of carbonyl (C=O) groups excluding carboxylic acids is 2. The van der Waals surface area contributed by atoms with Crippen LogP contribution in [0, 0.1) is 21.8 Å². The Balaban J connectivity index is 1.53. The molecule has 2 aliphatic rings. The molecule has 2 heterocycles. The summed E-state index contributed by atoms with van der Waals surface area (Å²) in [5.41, 5.74) is 1.68. The first kappa shape index (κ1) is 23.7. The van der Waals surface area contributed by atoms with Gasteiger partial charge in [0.05, 0.1) is 21.9 Å². The number of halogens is 1. The Morgan fingerprint density at radius 2 is 1.71 bits per heavy atom. The maximum absolute atomic E-state index is 14.6. The van der Waals surface area contributed by atoms with Crippen molar-refractivity contribution in [2.24, 2.45) is 5.92 Å². The molecule has 180 valence electrons. The van der Waals surface area contributed by atoms with E-state index in [4.69, 9.17) is 0 Å². The number of nitro groups is 1. The first-order valence-corrected chi connectivity index (χ1v) is 11.6. The number of carbonyl (C=O) groups is 2. The summed E-state index contributed by atoms with van der Waals surface area (Å²) in [6.45, 7) is 6.76. The number of piperazine rings is 1. The van der Waals surface area contributed by atoms with Crippen LogP contribution in [0.4, 0.5) is 21.5 Å². The minimum absolute atomic E-state index is 0.108. The van der Waals surface area contributed by atoms with Gasteiger partial charge in [0, 0.05) is 57.0 Å². The molecule has 1 amide bonds. The van der Waals surface area contributed by atoms with Gasteiger partial charge in [-0.3, -0.25) is 19.7 Å². The molecular weight excluding hydrogens is 439 g/mol. The topological polar surface area (TPSA) is 87.0 Å². The third kappa shape index (κ3) is 4.88. The van der Waals surface area contributed by atoms with Crippen LogP contribution >= 0.6 is 0 Å². The van der Waals surface area contributed by atoms with E-state index in [1.807, 2.05) is 4.90 Å². The lowest BCUT2D eigenvalue weighted by Gasteiger charge is -2.38. The van der Waals surface area contributed by atoms with Gasteiger partial charge in [-0.2, -0.15) is 0 Å². The summed E-state index contributed by atoms with van der Waals surface area (Å²) < 4.78 is 14.6. The van der Waals surface area contributed by atoms with Crippen molar-refractivity contribution in [1.82, 2.24) is 4.90 Å². The number of anilines is 2. The summed E-state index contributed by atoms with van der Waals surface area (Å²) in [7, 11) is 0. The Morgan fingerprint density at radius 3 is 2.32 bits per heavy atom. The fourth-order valence-corrected chi connectivity index (χ4v) is 4.80. The summed E-state index contributed by atoms with van der Waals surface area (Å²) in [4.78, 5) is 41.6. The van der Waals surface area contributed by atoms with E-state index in [0.717, 1.165) is 31.6 Å². The maximum Gasteiger partial charge on any atom is 0.270 e. The summed E-state index contributed by atoms with van der Waals surface area (Å²) in [5.74, 6) is -0.423. The molecule has 0 radical (unpaired) electrons. The van der Waals surface area contributed by atoms with E-state index < -0.39 is 10.7 Å². The van der Waals surface area contributed by atoms with Crippen molar-refractivity contribution < 1.29 is 18.9 Å². The molecule has 0 aliphatic carbocycles. The fourth-order valence-electron chi connectivity index (χ4n) is 4.80. The summed E-state index contributed by atoms with van der Waals surface area (Å²) in [5, 5.41) is 11.4. The average molecular weight is 469 g/mol. The zero-order valence-corrected chi connectivity index (χ0v) is 19.5. The molecule has 1 atom stereocenters. The second-order valence-electron chi connectivity index (χ2n) is 9.15. The van der Waals surface area contributed by atoms with E-state index in [0.29, 0.717) is 48.9 Å². The minimum atomic E-state index is -0.481. The van der Waals surface area contributed by atoms with Gasteiger partial charge in [-0.15, -0.1) is 0 Å². The quantitative estimate of drug-likeness (QED) is 0.373. The highest BCUT2D eigenvalue weighted by Crippen LogP contribution is 2.31. The van der Waals surface area contributed by atoms with Gasteiger partial charge < -0.3 is 14.7 Å². The molecule has 8 nitrogen and oxygen atoms in total. The highest BCUT2D eigenvalue weighted by atomic mass is 19.1. The average Bonchev–Trinajstić information content (AvgIpc) is 2.83. The largest absolute Gasteiger partial charge is 0.371 e. The molecule has 0 aromatic heterocycles. The number of nitrogens with zero attached hydrogens (tertiary/aromatic N) is 4. The van der Waals surface area contributed by atoms with Gasteiger partial charge in [-0.05, 0) is 49.9 Å². The molecule has 9 heteroatoms. The van der Waals surface area contributed by atoms with Crippen LogP contribution in [0.3, 0.4) is 0 Å². The Hall–Kier alpha value is -3.49. The van der Waals surface area contributed by atoms with Crippen LogP contribution in [0.2, 0.25) is 0 Å². The first-order valence-electron chi connectivity index (χ1n) is 11.6. The van der Waals surface area contributed by atoms with Crippen LogP contribution in [0.25, 0.3) is 0 Å². The highest BCUT2D eigenvalue weighted by molar-refractivity contribution is 6.00. The third-order valence-electron chi connectivity index (χ3n) is 6.68. The number of benzene rings is 2. The Bertz CT molecular complexity index is 1110. The van der Waals surface area contributed by atoms with Gasteiger partial charge in [-0.25, -0.2) is 4.39 Å². The van der Waals surface area contributed by atoms with Crippen LogP contribution < -0.4 is 9.80 Å². The molecule has 0 spiro atoms. The van der Waals surface area contributed by atoms with Crippen molar-refractivity contribution >= 4 is 28.8 Å². The third-order valence-corrected chi connectivity index (χ3v) is 6.68. The normalized spacial score (nSPS) is 18.7. The number of amides is 1. The van der Waals surface area contributed by atoms with E-state index in [-0.39, 0.29) is 17.4 Å². The molecule has 0 bridgehead atoms. The number of nitro benzene ring substituents is 1. The molecule has 1 unspecified atom stereocenters. The number of Topliss-reactive ketones (excluding diaryl/α,β-unsaturated/α-hetero) is 1. The molecule has 4 rings (SSSR count). The number of non-ortho nitro benzene ring substituents is 1. The van der Waals surface area contributed by atoms with E-state index >= 15 is 0 Å². The summed E-state index contributed by atoms with van der Waals surface area (Å²) in [6, 6.07) is 8.96. The van der Waals surface area contributed by atoms with Crippen LogP contribution in [-0.4, -0.2) is 60.8 Å². The van der Waals surface area contributed by atoms with Crippen LogP contribution in [0.5, 0.6) is 0 Å². The Morgan fingerprint density at radius 1 is 1.00 bits per heavy atom. The summed E-state index contributed by atoms with van der Waals surface area (Å²) in [6.07, 6.45) is 2.14. The Labute approximate surface area is 198 Å². The number of hydrogen-bond acceptors (Lipinski definition) is 6. The lowest BCUT2D eigenvalue weighted by atomic mass is 9.98. The van der Waals surface area contributed by atoms with Crippen molar-refractivity contribution in [3.8, 4) is 0 Å². The highest BCUT2D eigenvalue weighted by Gasteiger charge is 2.29. The van der Waals surface area contributed by atoms with E-state index in [9.17, 15) is 24.1 Å². The molecule has 2 fully saturated rings. The lowest BCUT2D eigenvalue weighted by Crippen LogP contribution is -2.49. The van der Waals surface area contributed by atoms with Gasteiger partial charge in [0.1, 0.15) is 5.82 Å². The molecule has 2 aromatic carbocycles. The van der Waals surface area contributed by atoms with Gasteiger partial charge in [-0.1, -0.05) is 6.92 Å². The SMILES string of the molecule is CC(=O)c1ccc(N2CCN(C(=O)c3cc([N+](=O)[O-])ccc3N3CCCC(C)C3)CC2)c(F)c1. The van der Waals surface area contributed by atoms with Crippen molar-refractivity contribution in [3.05, 3.63) is 63.5 Å². The molecule has 2 saturated heterocycles. The van der Waals surface area contributed by atoms with Crippen molar-refractivity contribution in [2.45, 2.75) is 26.7 Å². The predicted molar refractivity (Wildman–Crippen MR) is 128 cm³/mol. The van der Waals surface area contributed by atoms with Gasteiger partial charge >= 0.3 is 0 Å². The minimum Gasteiger partial charge on any atom is -0.371 e. The zero-order valence-electron chi connectivity index (χ0n) is 19.5. The van der Waals surface area contributed by atoms with Gasteiger partial charge in [0.2, 0.25) is 0 Å². The first-order chi connectivity index (χ1) is 16.2. The number of piperidine rings is 1. The molecule has 34 heavy (non-hydrogen) atoms. The second-order valence-corrected chi connectivity index (χ2v) is 9.15. The van der Waals surface area contributed by atoms with Crippen molar-refractivity contribution in [1.29, 1.82) is 0 Å². The van der Waals surface area contributed by atoms with Crippen molar-refractivity contribution in [2.75, 3.05) is 49.1 Å². The maximum atomic E-state index is 14.6. The van der Waals surface area contributed by atoms with E-state index in [1.54, 1.807) is 23.1 Å². The van der Waals surface area contributed by atoms with Crippen LogP contribution in [0.15, 0.2) is 36.4 Å². The zero-order chi connectivity index (χ0) is 24.4. The van der Waals surface area contributed by atoms with Crippen LogP contribution in [0.1, 0.15) is 47.4 Å². The summed E-state index contributed by atoms with van der Waals surface area (Å²) >= 11 is 0. The van der Waals surface area contributed by atoms with Gasteiger partial charge in [0.15, 0.2) is 5.78 Å². The molecule has 0 saturated carbocycles. The molecule has 2 aliphatic heterocycles. The smallest absolute Gasteiger partial charge is 0.270 e. The standard InChI is InChI=1S/C25H29FN4O4/c1-17-4-3-9-29(16-17)23-8-6-20(30(33)34)15-21(23)25(32)28-12-10-27(11-13-28)24-7-5-19(18(2)31)14-22(24)26/h5-8,14-15,17H,3-4,9-13,16H2,1-2H3. The van der Waals surface area contributed by atoms with E-state index in [1.165, 1.54) is 25.1 Å².